The molecule has 0 radical (unpaired) electrons. The first-order chi connectivity index (χ1) is 15.8. The van der Waals surface area contributed by atoms with Gasteiger partial charge < -0.3 is 9.64 Å². The van der Waals surface area contributed by atoms with Gasteiger partial charge in [-0.25, -0.2) is 8.42 Å². The summed E-state index contributed by atoms with van der Waals surface area (Å²) in [4.78, 5) is 15.5. The molecule has 2 aromatic rings. The van der Waals surface area contributed by atoms with E-state index in [0.29, 0.717) is 37.6 Å². The third kappa shape index (κ3) is 5.95. The maximum absolute atomic E-state index is 13.5. The van der Waals surface area contributed by atoms with E-state index in [1.165, 1.54) is 8.99 Å². The van der Waals surface area contributed by atoms with Gasteiger partial charge in [0.1, 0.15) is 5.69 Å². The fourth-order valence-electron chi connectivity index (χ4n) is 3.94. The lowest BCUT2D eigenvalue weighted by Gasteiger charge is -2.36. The molecule has 0 aliphatic carbocycles. The Morgan fingerprint density at radius 3 is 2.30 bits per heavy atom. The van der Waals surface area contributed by atoms with Crippen LogP contribution < -0.4 is 15.2 Å². The van der Waals surface area contributed by atoms with E-state index >= 15 is 0 Å². The third-order valence-electron chi connectivity index (χ3n) is 5.98. The molecule has 3 rings (SSSR count). The molecule has 1 aliphatic rings. The topological polar surface area (TPSA) is 84.7 Å². The number of hydrogen-bond donors (Lipinski definition) is 0. The lowest BCUT2D eigenvalue weighted by Crippen LogP contribution is -2.50. The number of benzene rings is 1. The first-order valence-corrected chi connectivity index (χ1v) is 13.3. The standard InChI is InChI=1S/C24H36N4O4S/c1-5-6-8-11-20(4)32-23-22(18-25-28(24(23)29)21-12-9-7-10-13-21)26-14-16-27(17-15-26)33(30,31)19(2)3/h7,9-10,12-13,18-20H,5-6,8,11,14-17H2,1-4H3. The summed E-state index contributed by atoms with van der Waals surface area (Å²) in [7, 11) is -3.30. The molecule has 1 unspecified atom stereocenters. The largest absolute Gasteiger partial charge is 0.483 e. The van der Waals surface area contributed by atoms with Crippen molar-refractivity contribution in [1.29, 1.82) is 0 Å². The van der Waals surface area contributed by atoms with Crippen LogP contribution in [0.4, 0.5) is 5.69 Å². The van der Waals surface area contributed by atoms with Crippen LogP contribution in [0.25, 0.3) is 5.69 Å². The SMILES string of the molecule is CCCCCC(C)Oc1c(N2CCN(S(=O)(=O)C(C)C)CC2)cnn(-c2ccccc2)c1=O. The maximum Gasteiger partial charge on any atom is 0.316 e. The van der Waals surface area contributed by atoms with Crippen LogP contribution in [0.5, 0.6) is 5.75 Å². The van der Waals surface area contributed by atoms with Crippen molar-refractivity contribution in [1.82, 2.24) is 14.1 Å². The number of rotatable bonds is 10. The van der Waals surface area contributed by atoms with E-state index in [1.54, 1.807) is 20.0 Å². The van der Waals surface area contributed by atoms with Gasteiger partial charge in [-0.2, -0.15) is 14.1 Å². The smallest absolute Gasteiger partial charge is 0.316 e. The number of unbranched alkanes of at least 4 members (excludes halogenated alkanes) is 2. The zero-order chi connectivity index (χ0) is 24.0. The molecule has 182 valence electrons. The number of piperazine rings is 1. The van der Waals surface area contributed by atoms with Gasteiger partial charge in [0.05, 0.1) is 23.2 Å². The Morgan fingerprint density at radius 2 is 1.70 bits per heavy atom. The van der Waals surface area contributed by atoms with Crippen LogP contribution in [-0.4, -0.2) is 60.0 Å². The molecule has 1 saturated heterocycles. The van der Waals surface area contributed by atoms with Gasteiger partial charge in [0, 0.05) is 26.2 Å². The molecule has 2 heterocycles. The van der Waals surface area contributed by atoms with Gasteiger partial charge in [-0.1, -0.05) is 38.0 Å². The van der Waals surface area contributed by atoms with Crippen molar-refractivity contribution in [2.75, 3.05) is 31.1 Å². The van der Waals surface area contributed by atoms with Crippen molar-refractivity contribution in [3.05, 3.63) is 46.9 Å². The first-order valence-electron chi connectivity index (χ1n) is 11.8. The van der Waals surface area contributed by atoms with E-state index in [9.17, 15) is 13.2 Å². The minimum Gasteiger partial charge on any atom is -0.483 e. The molecule has 0 spiro atoms. The maximum atomic E-state index is 13.5. The van der Waals surface area contributed by atoms with Gasteiger partial charge in [0.25, 0.3) is 0 Å². The molecule has 0 bridgehead atoms. The molecule has 1 fully saturated rings. The van der Waals surface area contributed by atoms with Crippen molar-refractivity contribution >= 4 is 15.7 Å². The fourth-order valence-corrected chi connectivity index (χ4v) is 5.21. The monoisotopic (exact) mass is 476 g/mol. The van der Waals surface area contributed by atoms with Crippen LogP contribution in [0.2, 0.25) is 0 Å². The van der Waals surface area contributed by atoms with Gasteiger partial charge in [-0.3, -0.25) is 4.79 Å². The lowest BCUT2D eigenvalue weighted by molar-refractivity contribution is 0.202. The average Bonchev–Trinajstić information content (AvgIpc) is 2.81. The normalized spacial score (nSPS) is 16.2. The van der Waals surface area contributed by atoms with E-state index in [4.69, 9.17) is 4.74 Å². The van der Waals surface area contributed by atoms with Gasteiger partial charge in [0.2, 0.25) is 15.8 Å². The molecule has 0 amide bonds. The van der Waals surface area contributed by atoms with Crippen LogP contribution in [0, 0.1) is 0 Å². The second kappa shape index (κ2) is 11.2. The fraction of sp³-hybridized carbons (Fsp3) is 0.583. The molecule has 8 nitrogen and oxygen atoms in total. The summed E-state index contributed by atoms with van der Waals surface area (Å²) in [6.45, 7) is 9.22. The zero-order valence-corrected chi connectivity index (χ0v) is 20.9. The number of anilines is 1. The Kier molecular flexibility index (Phi) is 8.53. The minimum atomic E-state index is -3.30. The van der Waals surface area contributed by atoms with Crippen LogP contribution in [0.15, 0.2) is 41.3 Å². The van der Waals surface area contributed by atoms with Gasteiger partial charge in [0.15, 0.2) is 0 Å². The summed E-state index contributed by atoms with van der Waals surface area (Å²) in [5, 5.41) is 3.96. The van der Waals surface area contributed by atoms with E-state index in [0.717, 1.165) is 25.7 Å². The number of ether oxygens (including phenoxy) is 1. The van der Waals surface area contributed by atoms with Crippen LogP contribution in [-0.2, 0) is 10.0 Å². The Balaban J connectivity index is 1.89. The second-order valence-electron chi connectivity index (χ2n) is 8.82. The van der Waals surface area contributed by atoms with E-state index in [1.807, 2.05) is 42.2 Å². The number of sulfonamides is 1. The molecule has 1 aromatic heterocycles. The highest BCUT2D eigenvalue weighted by Crippen LogP contribution is 2.28. The summed E-state index contributed by atoms with van der Waals surface area (Å²) in [6, 6.07) is 9.27. The molecule has 9 heteroatoms. The minimum absolute atomic E-state index is 0.114. The number of aromatic nitrogens is 2. The molecule has 1 aromatic carbocycles. The number of nitrogens with zero attached hydrogens (tertiary/aromatic N) is 4. The second-order valence-corrected chi connectivity index (χ2v) is 11.3. The van der Waals surface area contributed by atoms with E-state index in [2.05, 4.69) is 12.0 Å². The first kappa shape index (κ1) is 25.2. The van der Waals surface area contributed by atoms with Crippen molar-refractivity contribution in [2.45, 2.75) is 64.7 Å². The quantitative estimate of drug-likeness (QED) is 0.489. The van der Waals surface area contributed by atoms with Crippen molar-refractivity contribution < 1.29 is 13.2 Å². The van der Waals surface area contributed by atoms with Gasteiger partial charge in [-0.05, 0) is 45.7 Å². The molecule has 1 aliphatic heterocycles. The Hall–Kier alpha value is -2.39. The molecule has 0 saturated carbocycles. The predicted octanol–water partition coefficient (Wildman–Crippen LogP) is 3.44. The highest BCUT2D eigenvalue weighted by Gasteiger charge is 2.31. The number of para-hydroxylation sites is 1. The van der Waals surface area contributed by atoms with Crippen LogP contribution >= 0.6 is 0 Å². The third-order valence-corrected chi connectivity index (χ3v) is 8.26. The van der Waals surface area contributed by atoms with E-state index < -0.39 is 15.3 Å². The summed E-state index contributed by atoms with van der Waals surface area (Å²) in [6.07, 6.45) is 5.69. The summed E-state index contributed by atoms with van der Waals surface area (Å²) in [5.41, 5.74) is 0.986. The summed E-state index contributed by atoms with van der Waals surface area (Å²) in [5.74, 6) is 0.276. The molecular formula is C24H36N4O4S. The van der Waals surface area contributed by atoms with Gasteiger partial charge >= 0.3 is 5.56 Å². The van der Waals surface area contributed by atoms with Crippen LogP contribution in [0.1, 0.15) is 53.4 Å². The predicted molar refractivity (Wildman–Crippen MR) is 132 cm³/mol. The summed E-state index contributed by atoms with van der Waals surface area (Å²) < 4.78 is 34.2. The Morgan fingerprint density at radius 1 is 1.03 bits per heavy atom. The molecule has 1 atom stereocenters. The highest BCUT2D eigenvalue weighted by molar-refractivity contribution is 7.89. The van der Waals surface area contributed by atoms with Crippen molar-refractivity contribution in [3.8, 4) is 11.4 Å². The summed E-state index contributed by atoms with van der Waals surface area (Å²) >= 11 is 0. The Labute approximate surface area is 197 Å². The zero-order valence-electron chi connectivity index (χ0n) is 20.1. The van der Waals surface area contributed by atoms with Gasteiger partial charge in [-0.15, -0.1) is 0 Å². The van der Waals surface area contributed by atoms with Crippen molar-refractivity contribution in [3.63, 3.8) is 0 Å². The molecular weight excluding hydrogens is 440 g/mol. The molecule has 33 heavy (non-hydrogen) atoms. The number of hydrogen-bond acceptors (Lipinski definition) is 6. The molecule has 0 N–H and O–H groups in total. The highest BCUT2D eigenvalue weighted by atomic mass is 32.2. The van der Waals surface area contributed by atoms with E-state index in [-0.39, 0.29) is 17.4 Å². The average molecular weight is 477 g/mol. The van der Waals surface area contributed by atoms with Crippen molar-refractivity contribution in [2.24, 2.45) is 0 Å². The lowest BCUT2D eigenvalue weighted by atomic mass is 10.1. The van der Waals surface area contributed by atoms with Crippen LogP contribution in [0.3, 0.4) is 0 Å². The Bertz CT molecular complexity index is 1060.